The van der Waals surface area contributed by atoms with E-state index >= 15 is 0 Å². The lowest BCUT2D eigenvalue weighted by Gasteiger charge is -2.07. The maximum Gasteiger partial charge on any atom is 0.251 e. The third kappa shape index (κ3) is 4.62. The van der Waals surface area contributed by atoms with Crippen LogP contribution in [0.2, 0.25) is 0 Å². The van der Waals surface area contributed by atoms with Gasteiger partial charge in [0.25, 0.3) is 5.91 Å². The molecule has 0 radical (unpaired) electrons. The van der Waals surface area contributed by atoms with Crippen molar-refractivity contribution >= 4 is 55.1 Å². The van der Waals surface area contributed by atoms with Gasteiger partial charge in [0.2, 0.25) is 4.96 Å². The highest BCUT2D eigenvalue weighted by atomic mass is 32.1. The largest absolute Gasteiger partial charge is 0.497 e. The van der Waals surface area contributed by atoms with E-state index < -0.39 is 0 Å². The highest BCUT2D eigenvalue weighted by Crippen LogP contribution is 2.39. The Morgan fingerprint density at radius 1 is 1.08 bits per heavy atom. The quantitative estimate of drug-likeness (QED) is 0.254. The number of nitrogens with one attached hydrogen (secondary N) is 1. The fourth-order valence-corrected chi connectivity index (χ4v) is 6.46. The lowest BCUT2D eigenvalue weighted by molar-refractivity contribution is 0.0963. The summed E-state index contributed by atoms with van der Waals surface area (Å²) >= 11 is 4.65. The summed E-state index contributed by atoms with van der Waals surface area (Å²) in [7, 11) is 3.24. The van der Waals surface area contributed by atoms with Crippen molar-refractivity contribution in [1.29, 1.82) is 0 Å². The summed E-state index contributed by atoms with van der Waals surface area (Å²) in [6.07, 6.45) is 2.80. The smallest absolute Gasteiger partial charge is 0.251 e. The number of carbonyl (C=O) groups is 1. The maximum atomic E-state index is 11.8. The lowest BCUT2D eigenvalue weighted by atomic mass is 10.1. The number of amides is 1. The van der Waals surface area contributed by atoms with Crippen molar-refractivity contribution < 1.29 is 14.3 Å². The number of benzene rings is 2. The van der Waals surface area contributed by atoms with Crippen LogP contribution in [0.3, 0.4) is 0 Å². The molecule has 0 aliphatic carbocycles. The number of methoxy groups -OCH3 is 1. The SMILES string of the molecule is CCc1nn2cc(-c3nc4cc(OC)cc(OCc5csc(-c6ccc(C(=O)NC)cc6)n5)c4s3)nc2s1. The number of nitrogens with zero attached hydrogens (tertiary/aromatic N) is 5. The summed E-state index contributed by atoms with van der Waals surface area (Å²) in [5.41, 5.74) is 3.94. The Morgan fingerprint density at radius 2 is 1.92 bits per heavy atom. The summed E-state index contributed by atoms with van der Waals surface area (Å²) in [6, 6.07) is 11.2. The predicted octanol–water partition coefficient (Wildman–Crippen LogP) is 5.70. The molecule has 9 nitrogen and oxygen atoms in total. The normalized spacial score (nSPS) is 11.3. The van der Waals surface area contributed by atoms with E-state index in [9.17, 15) is 4.79 Å². The zero-order valence-electron chi connectivity index (χ0n) is 20.7. The minimum atomic E-state index is -0.115. The number of ether oxygens (including phenoxy) is 2. The van der Waals surface area contributed by atoms with E-state index in [1.165, 1.54) is 22.7 Å². The van der Waals surface area contributed by atoms with Crippen LogP contribution in [0.15, 0.2) is 48.0 Å². The number of fused-ring (bicyclic) bond motifs is 2. The second-order valence-electron chi connectivity index (χ2n) is 8.28. The molecule has 0 saturated heterocycles. The molecule has 6 rings (SSSR count). The highest BCUT2D eigenvalue weighted by Gasteiger charge is 2.17. The fourth-order valence-electron chi connectivity index (χ4n) is 3.87. The van der Waals surface area contributed by atoms with E-state index in [0.29, 0.717) is 23.7 Å². The van der Waals surface area contributed by atoms with E-state index in [2.05, 4.69) is 17.3 Å². The zero-order valence-corrected chi connectivity index (χ0v) is 23.2. The molecule has 1 amide bonds. The molecule has 6 aromatic rings. The molecule has 0 fully saturated rings. The van der Waals surface area contributed by atoms with E-state index in [0.717, 1.165) is 53.6 Å². The predicted molar refractivity (Wildman–Crippen MR) is 151 cm³/mol. The molecular formula is C26H22N6O3S3. The average Bonchev–Trinajstić information content (AvgIpc) is 3.73. The van der Waals surface area contributed by atoms with Crippen molar-refractivity contribution in [2.75, 3.05) is 14.2 Å². The summed E-state index contributed by atoms with van der Waals surface area (Å²) in [5.74, 6) is 1.23. The highest BCUT2D eigenvalue weighted by molar-refractivity contribution is 7.22. The van der Waals surface area contributed by atoms with Crippen molar-refractivity contribution in [3.05, 3.63) is 64.2 Å². The topological polar surface area (TPSA) is 104 Å². The average molecular weight is 563 g/mol. The summed E-state index contributed by atoms with van der Waals surface area (Å²) in [5, 5.41) is 11.9. The van der Waals surface area contributed by atoms with Gasteiger partial charge in [-0.15, -0.1) is 22.7 Å². The van der Waals surface area contributed by atoms with Crippen LogP contribution in [0, 0.1) is 0 Å². The van der Waals surface area contributed by atoms with Crippen LogP contribution in [0.25, 0.3) is 36.5 Å². The Bertz CT molecular complexity index is 1730. The molecule has 2 aromatic carbocycles. The molecule has 4 heterocycles. The van der Waals surface area contributed by atoms with Crippen molar-refractivity contribution in [2.24, 2.45) is 0 Å². The van der Waals surface area contributed by atoms with Crippen molar-refractivity contribution in [2.45, 2.75) is 20.0 Å². The van der Waals surface area contributed by atoms with Crippen molar-refractivity contribution in [3.63, 3.8) is 0 Å². The Morgan fingerprint density at radius 3 is 2.66 bits per heavy atom. The third-order valence-electron chi connectivity index (χ3n) is 5.82. The van der Waals surface area contributed by atoms with Gasteiger partial charge in [-0.05, 0) is 18.6 Å². The van der Waals surface area contributed by atoms with E-state index in [-0.39, 0.29) is 5.91 Å². The molecule has 0 spiro atoms. The van der Waals surface area contributed by atoms with Gasteiger partial charge in [-0.3, -0.25) is 4.79 Å². The number of imidazole rings is 1. The lowest BCUT2D eigenvalue weighted by Crippen LogP contribution is -2.17. The van der Waals surface area contributed by atoms with E-state index in [4.69, 9.17) is 24.4 Å². The molecule has 4 aromatic heterocycles. The van der Waals surface area contributed by atoms with Crippen LogP contribution < -0.4 is 14.8 Å². The van der Waals surface area contributed by atoms with E-state index in [1.54, 1.807) is 37.6 Å². The number of hydrogen-bond acceptors (Lipinski definition) is 10. The van der Waals surface area contributed by atoms with Gasteiger partial charge >= 0.3 is 0 Å². The fraction of sp³-hybridized carbons (Fsp3) is 0.192. The summed E-state index contributed by atoms with van der Waals surface area (Å²) in [4.78, 5) is 26.9. The Kier molecular flexibility index (Phi) is 6.52. The molecule has 12 heteroatoms. The monoisotopic (exact) mass is 562 g/mol. The molecule has 0 bridgehead atoms. The molecular weight excluding hydrogens is 541 g/mol. The minimum absolute atomic E-state index is 0.115. The van der Waals surface area contributed by atoms with Crippen molar-refractivity contribution in [3.8, 4) is 32.8 Å². The van der Waals surface area contributed by atoms with Gasteiger partial charge in [0, 0.05) is 35.7 Å². The van der Waals surface area contributed by atoms with Gasteiger partial charge < -0.3 is 14.8 Å². The van der Waals surface area contributed by atoms with Crippen LogP contribution in [-0.2, 0) is 13.0 Å². The number of hydrogen-bond donors (Lipinski definition) is 1. The minimum Gasteiger partial charge on any atom is -0.497 e. The molecule has 0 saturated carbocycles. The molecule has 1 N–H and O–H groups in total. The second kappa shape index (κ2) is 10.1. The maximum absolute atomic E-state index is 11.8. The first-order valence-corrected chi connectivity index (χ1v) is 14.3. The Hall–Kier alpha value is -3.87. The first kappa shape index (κ1) is 24.5. The van der Waals surface area contributed by atoms with Gasteiger partial charge in [0.05, 0.1) is 29.2 Å². The standard InChI is InChI=1S/C26H22N6O3S3/c1-4-21-31-32-11-19(30-26(32)37-21)25-29-18-9-17(34-3)10-20(22(18)38-25)35-12-16-13-36-24(28-16)15-7-5-14(6-8-15)23(33)27-2/h5-11,13H,4,12H2,1-3H3,(H,27,33). The van der Waals surface area contributed by atoms with Gasteiger partial charge in [0.15, 0.2) is 0 Å². The van der Waals surface area contributed by atoms with Crippen molar-refractivity contribution in [1.82, 2.24) is 29.9 Å². The van der Waals surface area contributed by atoms with Gasteiger partial charge in [0.1, 0.15) is 38.8 Å². The number of thiazole rings is 2. The zero-order chi connectivity index (χ0) is 26.2. The van der Waals surface area contributed by atoms with E-state index in [1.807, 2.05) is 40.4 Å². The van der Waals surface area contributed by atoms with Crippen LogP contribution in [0.5, 0.6) is 11.5 Å². The van der Waals surface area contributed by atoms with Gasteiger partial charge in [-0.2, -0.15) is 5.10 Å². The molecule has 0 atom stereocenters. The molecule has 38 heavy (non-hydrogen) atoms. The third-order valence-corrected chi connectivity index (χ3v) is 8.94. The second-order valence-corrected chi connectivity index (χ2v) is 11.2. The molecule has 0 aliphatic rings. The van der Waals surface area contributed by atoms with Crippen LogP contribution in [0.1, 0.15) is 28.0 Å². The van der Waals surface area contributed by atoms with Crippen LogP contribution in [0.4, 0.5) is 0 Å². The Labute approximate surface area is 229 Å². The number of aryl methyl sites for hydroxylation is 1. The molecule has 0 aliphatic heterocycles. The van der Waals surface area contributed by atoms with Crippen LogP contribution in [-0.4, -0.2) is 44.6 Å². The van der Waals surface area contributed by atoms with Gasteiger partial charge in [-0.25, -0.2) is 19.5 Å². The molecule has 192 valence electrons. The summed E-state index contributed by atoms with van der Waals surface area (Å²) < 4.78 is 14.5. The van der Waals surface area contributed by atoms with Gasteiger partial charge in [-0.1, -0.05) is 30.4 Å². The first-order valence-electron chi connectivity index (χ1n) is 11.8. The molecule has 0 unspecified atom stereocenters. The summed E-state index contributed by atoms with van der Waals surface area (Å²) in [6.45, 7) is 2.38. The number of rotatable bonds is 8. The number of carbonyl (C=O) groups excluding carboxylic acids is 1. The number of aromatic nitrogens is 5. The Balaban J connectivity index is 1.24. The first-order chi connectivity index (χ1) is 18.5. The van der Waals surface area contributed by atoms with Crippen LogP contribution >= 0.6 is 34.0 Å².